The Morgan fingerprint density at radius 3 is 1.94 bits per heavy atom. The second kappa shape index (κ2) is 16.4. The molecule has 0 radical (unpaired) electrons. The zero-order valence-electron chi connectivity index (χ0n) is 20.1. The summed E-state index contributed by atoms with van der Waals surface area (Å²) >= 11 is 0. The number of carboxylic acids is 2. The van der Waals surface area contributed by atoms with Crippen LogP contribution in [0.25, 0.3) is 0 Å². The van der Waals surface area contributed by atoms with E-state index in [-0.39, 0.29) is 19.3 Å². The van der Waals surface area contributed by atoms with Gasteiger partial charge >= 0.3 is 11.9 Å². The number of nitrogens with one attached hydrogen (secondary N) is 3. The van der Waals surface area contributed by atoms with E-state index >= 15 is 0 Å². The van der Waals surface area contributed by atoms with E-state index in [2.05, 4.69) is 16.0 Å². The quantitative estimate of drug-likeness (QED) is 0.0935. The maximum absolute atomic E-state index is 12.9. The number of unbranched alkanes of at least 4 members (excludes halogenated alkanes) is 1. The van der Waals surface area contributed by atoms with Gasteiger partial charge in [-0.25, -0.2) is 4.79 Å². The van der Waals surface area contributed by atoms with Gasteiger partial charge in [-0.1, -0.05) is 20.3 Å². The van der Waals surface area contributed by atoms with Crippen LogP contribution in [0, 0.1) is 5.92 Å². The summed E-state index contributed by atoms with van der Waals surface area (Å²) in [7, 11) is 0. The molecule has 0 aromatic rings. The molecule has 35 heavy (non-hydrogen) atoms. The van der Waals surface area contributed by atoms with Crippen molar-refractivity contribution in [1.29, 1.82) is 0 Å². The molecule has 14 heteroatoms. The number of hydrogen-bond donors (Lipinski definition) is 8. The molecule has 0 aliphatic heterocycles. The predicted molar refractivity (Wildman–Crippen MR) is 124 cm³/mol. The minimum absolute atomic E-state index is 0.147. The van der Waals surface area contributed by atoms with Crippen molar-refractivity contribution in [3.05, 3.63) is 0 Å². The molecule has 0 saturated carbocycles. The van der Waals surface area contributed by atoms with E-state index in [1.807, 2.05) is 0 Å². The zero-order valence-corrected chi connectivity index (χ0v) is 20.1. The molecule has 0 aromatic heterocycles. The Hall–Kier alpha value is -3.26. The lowest BCUT2D eigenvalue weighted by Gasteiger charge is -2.28. The normalized spacial score (nSPS) is 15.1. The maximum atomic E-state index is 12.9. The van der Waals surface area contributed by atoms with Crippen LogP contribution < -0.4 is 33.2 Å². The minimum atomic E-state index is -1.48. The Morgan fingerprint density at radius 2 is 1.46 bits per heavy atom. The first-order valence-corrected chi connectivity index (χ1v) is 11.4. The van der Waals surface area contributed by atoms with Crippen LogP contribution in [0.4, 0.5) is 0 Å². The molecule has 0 rings (SSSR count). The Balaban J connectivity index is 5.50. The summed E-state index contributed by atoms with van der Waals surface area (Å²) in [6.07, 6.45) is 0.453. The highest BCUT2D eigenvalue weighted by Crippen LogP contribution is 2.11. The Kier molecular flexibility index (Phi) is 14.9. The van der Waals surface area contributed by atoms with Gasteiger partial charge in [0.15, 0.2) is 0 Å². The highest BCUT2D eigenvalue weighted by molar-refractivity contribution is 5.96. The van der Waals surface area contributed by atoms with Crippen molar-refractivity contribution in [2.45, 2.75) is 83.0 Å². The van der Waals surface area contributed by atoms with Gasteiger partial charge in [0, 0.05) is 6.42 Å². The topological polar surface area (TPSA) is 257 Å². The lowest BCUT2D eigenvalue weighted by molar-refractivity contribution is -0.143. The van der Waals surface area contributed by atoms with E-state index in [4.69, 9.17) is 22.3 Å². The summed E-state index contributed by atoms with van der Waals surface area (Å²) in [5, 5.41) is 25.3. The van der Waals surface area contributed by atoms with Gasteiger partial charge in [0.05, 0.1) is 12.5 Å². The van der Waals surface area contributed by atoms with Crippen LogP contribution in [0.3, 0.4) is 0 Å². The molecule has 0 aromatic carbocycles. The number of nitrogens with two attached hydrogens (primary N) is 3. The number of primary amides is 1. The van der Waals surface area contributed by atoms with Crippen molar-refractivity contribution in [2.75, 3.05) is 6.54 Å². The summed E-state index contributed by atoms with van der Waals surface area (Å²) < 4.78 is 0. The predicted octanol–water partition coefficient (Wildman–Crippen LogP) is -2.23. The second-order valence-corrected chi connectivity index (χ2v) is 8.33. The first-order chi connectivity index (χ1) is 16.3. The number of amides is 4. The Bertz CT molecular complexity index is 762. The zero-order chi connectivity index (χ0) is 27.1. The number of aliphatic carboxylic acids is 2. The number of carbonyl (C=O) groups is 6. The smallest absolute Gasteiger partial charge is 0.326 e. The van der Waals surface area contributed by atoms with Crippen molar-refractivity contribution in [2.24, 2.45) is 23.1 Å². The summed E-state index contributed by atoms with van der Waals surface area (Å²) in [5.41, 5.74) is 16.2. The molecule has 200 valence electrons. The van der Waals surface area contributed by atoms with Gasteiger partial charge in [-0.2, -0.15) is 0 Å². The Morgan fingerprint density at radius 1 is 0.857 bits per heavy atom. The number of carbonyl (C=O) groups excluding carboxylic acids is 4. The van der Waals surface area contributed by atoms with Crippen molar-refractivity contribution < 1.29 is 39.0 Å². The van der Waals surface area contributed by atoms with Crippen LogP contribution in [-0.2, 0) is 28.8 Å². The van der Waals surface area contributed by atoms with Crippen LogP contribution in [-0.4, -0.2) is 76.5 Å². The highest BCUT2D eigenvalue weighted by Gasteiger charge is 2.33. The van der Waals surface area contributed by atoms with Crippen LogP contribution in [0.1, 0.15) is 58.8 Å². The van der Waals surface area contributed by atoms with Gasteiger partial charge in [-0.15, -0.1) is 0 Å². The fourth-order valence-electron chi connectivity index (χ4n) is 3.07. The molecular formula is C21H38N6O8. The molecular weight excluding hydrogens is 464 g/mol. The van der Waals surface area contributed by atoms with Crippen molar-refractivity contribution in [1.82, 2.24) is 16.0 Å². The molecule has 11 N–H and O–H groups in total. The molecule has 0 bridgehead atoms. The van der Waals surface area contributed by atoms with Crippen LogP contribution in [0.5, 0.6) is 0 Å². The largest absolute Gasteiger partial charge is 0.481 e. The second-order valence-electron chi connectivity index (χ2n) is 8.33. The van der Waals surface area contributed by atoms with Gasteiger partial charge in [0.25, 0.3) is 0 Å². The van der Waals surface area contributed by atoms with E-state index in [0.717, 1.165) is 0 Å². The standard InChI is InChI=1S/C21H38N6O8/c1-3-11(2)17(20(33)25-13(21(34)35)6-4-5-9-22)27-19(32)14(10-15(24)28)26-18(31)12(23)7-8-16(29)30/h11-14,17H,3-10,22-23H2,1-2H3,(H2,24,28)(H,25,33)(H,26,31)(H,27,32)(H,29,30)(H,34,35). The summed E-state index contributed by atoms with van der Waals surface area (Å²) in [6.45, 7) is 3.80. The molecule has 0 saturated heterocycles. The maximum Gasteiger partial charge on any atom is 0.326 e. The number of carboxylic acid groups (broad SMARTS) is 2. The van der Waals surface area contributed by atoms with Crippen molar-refractivity contribution in [3.8, 4) is 0 Å². The number of rotatable bonds is 18. The van der Waals surface area contributed by atoms with Gasteiger partial charge < -0.3 is 43.4 Å². The molecule has 4 amide bonds. The average Bonchev–Trinajstić information content (AvgIpc) is 2.78. The Labute approximate surface area is 203 Å². The lowest BCUT2D eigenvalue weighted by atomic mass is 9.96. The first-order valence-electron chi connectivity index (χ1n) is 11.4. The minimum Gasteiger partial charge on any atom is -0.481 e. The number of hydrogen-bond acceptors (Lipinski definition) is 8. The molecule has 0 fully saturated rings. The average molecular weight is 503 g/mol. The van der Waals surface area contributed by atoms with Crippen LogP contribution >= 0.6 is 0 Å². The fourth-order valence-corrected chi connectivity index (χ4v) is 3.07. The van der Waals surface area contributed by atoms with E-state index in [9.17, 15) is 33.9 Å². The molecule has 0 aliphatic carbocycles. The SMILES string of the molecule is CCC(C)C(NC(=O)C(CC(N)=O)NC(=O)C(N)CCC(=O)O)C(=O)NC(CCCCN)C(=O)O. The molecule has 5 unspecified atom stereocenters. The molecule has 14 nitrogen and oxygen atoms in total. The third-order valence-electron chi connectivity index (χ3n) is 5.40. The van der Waals surface area contributed by atoms with E-state index in [0.29, 0.717) is 25.8 Å². The van der Waals surface area contributed by atoms with Crippen LogP contribution in [0.2, 0.25) is 0 Å². The van der Waals surface area contributed by atoms with Crippen molar-refractivity contribution in [3.63, 3.8) is 0 Å². The van der Waals surface area contributed by atoms with Gasteiger partial charge in [-0.05, 0) is 38.1 Å². The fraction of sp³-hybridized carbons (Fsp3) is 0.714. The van der Waals surface area contributed by atoms with Crippen LogP contribution in [0.15, 0.2) is 0 Å². The van der Waals surface area contributed by atoms with Gasteiger partial charge in [0.1, 0.15) is 18.1 Å². The highest BCUT2D eigenvalue weighted by atomic mass is 16.4. The van der Waals surface area contributed by atoms with E-state index in [1.165, 1.54) is 0 Å². The lowest BCUT2D eigenvalue weighted by Crippen LogP contribution is -2.59. The first kappa shape index (κ1) is 31.7. The molecule has 0 spiro atoms. The van der Waals surface area contributed by atoms with E-state index in [1.54, 1.807) is 13.8 Å². The van der Waals surface area contributed by atoms with Gasteiger partial charge in [-0.3, -0.25) is 24.0 Å². The molecule has 5 atom stereocenters. The molecule has 0 aliphatic rings. The summed E-state index contributed by atoms with van der Waals surface area (Å²) in [4.78, 5) is 71.8. The summed E-state index contributed by atoms with van der Waals surface area (Å²) in [6, 6.07) is -5.09. The third-order valence-corrected chi connectivity index (χ3v) is 5.40. The third kappa shape index (κ3) is 12.7. The molecule has 0 heterocycles. The summed E-state index contributed by atoms with van der Waals surface area (Å²) in [5.74, 6) is -6.26. The van der Waals surface area contributed by atoms with Crippen molar-refractivity contribution >= 4 is 35.6 Å². The van der Waals surface area contributed by atoms with E-state index < -0.39 is 72.1 Å². The monoisotopic (exact) mass is 502 g/mol. The van der Waals surface area contributed by atoms with Gasteiger partial charge in [0.2, 0.25) is 23.6 Å².